The predicted molar refractivity (Wildman–Crippen MR) is 82.5 cm³/mol. The largest absolute Gasteiger partial charge is 0.481 e. The zero-order valence-corrected chi connectivity index (χ0v) is 12.9. The second-order valence-corrected chi connectivity index (χ2v) is 4.96. The summed E-state index contributed by atoms with van der Waals surface area (Å²) in [5.74, 6) is 0.598. The minimum absolute atomic E-state index is 0.0814. The number of para-hydroxylation sites is 1. The zero-order chi connectivity index (χ0) is 15.8. The van der Waals surface area contributed by atoms with E-state index in [4.69, 9.17) is 13.9 Å². The number of furan rings is 1. The molecule has 0 bridgehead atoms. The van der Waals surface area contributed by atoms with Gasteiger partial charge in [0.2, 0.25) is 0 Å². The van der Waals surface area contributed by atoms with E-state index in [9.17, 15) is 4.79 Å². The molecule has 0 saturated heterocycles. The molecule has 0 radical (unpaired) electrons. The molecule has 0 aliphatic carbocycles. The highest BCUT2D eigenvalue weighted by Gasteiger charge is 2.22. The highest BCUT2D eigenvalue weighted by Crippen LogP contribution is 2.13. The molecule has 0 spiro atoms. The third-order valence-electron chi connectivity index (χ3n) is 3.23. The fourth-order valence-corrected chi connectivity index (χ4v) is 2.08. The Balaban J connectivity index is 2.00. The van der Waals surface area contributed by atoms with Gasteiger partial charge < -0.3 is 18.8 Å². The van der Waals surface area contributed by atoms with Gasteiger partial charge in [-0.3, -0.25) is 4.79 Å². The summed E-state index contributed by atoms with van der Waals surface area (Å²) in [6.07, 6.45) is 2.67. The average molecular weight is 303 g/mol. The van der Waals surface area contributed by atoms with E-state index in [1.807, 2.05) is 36.4 Å². The van der Waals surface area contributed by atoms with E-state index in [1.165, 1.54) is 0 Å². The molecule has 1 aromatic heterocycles. The van der Waals surface area contributed by atoms with Crippen molar-refractivity contribution in [2.75, 3.05) is 20.3 Å². The number of carbonyl (C=O) groups is 1. The Bertz CT molecular complexity index is 553. The third-order valence-corrected chi connectivity index (χ3v) is 3.23. The molecule has 0 saturated carbocycles. The maximum atomic E-state index is 12.6. The molecule has 0 aliphatic rings. The molecule has 5 heteroatoms. The van der Waals surface area contributed by atoms with Crippen molar-refractivity contribution in [3.05, 3.63) is 54.5 Å². The molecule has 0 unspecified atom stereocenters. The average Bonchev–Trinajstić information content (AvgIpc) is 3.04. The van der Waals surface area contributed by atoms with Crippen LogP contribution in [0.15, 0.2) is 53.3 Å². The topological polar surface area (TPSA) is 51.9 Å². The van der Waals surface area contributed by atoms with Crippen LogP contribution in [-0.2, 0) is 16.1 Å². The Morgan fingerprint density at radius 2 is 2.05 bits per heavy atom. The number of benzene rings is 1. The van der Waals surface area contributed by atoms with Crippen LogP contribution in [0.4, 0.5) is 0 Å². The van der Waals surface area contributed by atoms with Gasteiger partial charge in [-0.05, 0) is 25.1 Å². The van der Waals surface area contributed by atoms with Gasteiger partial charge in [0, 0.05) is 25.8 Å². The smallest absolute Gasteiger partial charge is 0.263 e. The van der Waals surface area contributed by atoms with Crippen LogP contribution in [0.25, 0.3) is 0 Å². The lowest BCUT2D eigenvalue weighted by Gasteiger charge is -2.25. The Labute approximate surface area is 130 Å². The molecule has 0 N–H and O–H groups in total. The van der Waals surface area contributed by atoms with Gasteiger partial charge in [-0.15, -0.1) is 0 Å². The lowest BCUT2D eigenvalue weighted by molar-refractivity contribution is -0.139. The number of carbonyl (C=O) groups excluding carboxylic acids is 1. The molecule has 0 aliphatic heterocycles. The number of ether oxygens (including phenoxy) is 2. The van der Waals surface area contributed by atoms with E-state index in [0.29, 0.717) is 25.4 Å². The van der Waals surface area contributed by atoms with E-state index in [1.54, 1.807) is 31.5 Å². The van der Waals surface area contributed by atoms with Gasteiger partial charge in [-0.25, -0.2) is 0 Å². The molecule has 1 aromatic carbocycles. The van der Waals surface area contributed by atoms with Gasteiger partial charge in [0.1, 0.15) is 5.75 Å². The molecule has 22 heavy (non-hydrogen) atoms. The summed E-state index contributed by atoms with van der Waals surface area (Å²) in [6, 6.07) is 11.2. The van der Waals surface area contributed by atoms with Crippen molar-refractivity contribution in [2.24, 2.45) is 0 Å². The number of rotatable bonds is 8. The second-order valence-electron chi connectivity index (χ2n) is 4.96. The number of methoxy groups -OCH3 is 1. The zero-order valence-electron chi connectivity index (χ0n) is 12.9. The minimum atomic E-state index is -0.564. The summed E-state index contributed by atoms with van der Waals surface area (Å²) < 4.78 is 15.8. The lowest BCUT2D eigenvalue weighted by Crippen LogP contribution is -2.41. The first-order valence-corrected chi connectivity index (χ1v) is 7.21. The van der Waals surface area contributed by atoms with Gasteiger partial charge in [0.25, 0.3) is 5.91 Å². The normalized spacial score (nSPS) is 11.9. The first-order valence-electron chi connectivity index (χ1n) is 7.21. The summed E-state index contributed by atoms with van der Waals surface area (Å²) in [5, 5.41) is 0. The quantitative estimate of drug-likeness (QED) is 0.752. The van der Waals surface area contributed by atoms with Crippen LogP contribution < -0.4 is 4.74 Å². The molecular weight excluding hydrogens is 282 g/mol. The van der Waals surface area contributed by atoms with Crippen molar-refractivity contribution in [3.63, 3.8) is 0 Å². The number of nitrogens with zero attached hydrogens (tertiary/aromatic N) is 1. The second kappa shape index (κ2) is 8.24. The van der Waals surface area contributed by atoms with Gasteiger partial charge in [0.05, 0.1) is 19.1 Å². The summed E-state index contributed by atoms with van der Waals surface area (Å²) in [7, 11) is 1.62. The molecule has 0 fully saturated rings. The van der Waals surface area contributed by atoms with Crippen LogP contribution in [0, 0.1) is 0 Å². The Kier molecular flexibility index (Phi) is 6.03. The van der Waals surface area contributed by atoms with Crippen LogP contribution in [0.2, 0.25) is 0 Å². The van der Waals surface area contributed by atoms with Gasteiger partial charge in [-0.1, -0.05) is 18.2 Å². The molecular formula is C17H21NO4. The number of hydrogen-bond acceptors (Lipinski definition) is 4. The number of amides is 1. The maximum absolute atomic E-state index is 12.6. The monoisotopic (exact) mass is 303 g/mol. The first-order chi connectivity index (χ1) is 10.7. The van der Waals surface area contributed by atoms with Crippen molar-refractivity contribution < 1.29 is 18.7 Å². The van der Waals surface area contributed by atoms with Crippen molar-refractivity contribution in [2.45, 2.75) is 19.6 Å². The fourth-order valence-electron chi connectivity index (χ4n) is 2.08. The Morgan fingerprint density at radius 3 is 2.68 bits per heavy atom. The molecule has 1 atom stereocenters. The van der Waals surface area contributed by atoms with Crippen LogP contribution in [0.1, 0.15) is 12.5 Å². The summed E-state index contributed by atoms with van der Waals surface area (Å²) in [5.41, 5.74) is 0.941. The van der Waals surface area contributed by atoms with Crippen LogP contribution in [-0.4, -0.2) is 37.2 Å². The fraction of sp³-hybridized carbons (Fsp3) is 0.353. The Hall–Kier alpha value is -2.27. The van der Waals surface area contributed by atoms with E-state index < -0.39 is 6.10 Å². The molecule has 1 amide bonds. The SMILES string of the molecule is COCCN(Cc1ccoc1)C(=O)[C@H](C)Oc1ccccc1. The standard InChI is InChI=1S/C17H21NO4/c1-14(22-16-6-4-3-5-7-16)17(19)18(9-11-20-2)12-15-8-10-21-13-15/h3-8,10,13-14H,9,11-12H2,1-2H3/t14-/m0/s1. The first kappa shape index (κ1) is 16.1. The third kappa shape index (κ3) is 4.63. The van der Waals surface area contributed by atoms with E-state index in [0.717, 1.165) is 5.56 Å². The van der Waals surface area contributed by atoms with Crippen molar-refractivity contribution >= 4 is 5.91 Å². The number of hydrogen-bond donors (Lipinski definition) is 0. The highest BCUT2D eigenvalue weighted by molar-refractivity contribution is 5.80. The van der Waals surface area contributed by atoms with Gasteiger partial charge in [0.15, 0.2) is 6.10 Å². The van der Waals surface area contributed by atoms with Crippen molar-refractivity contribution in [1.82, 2.24) is 4.90 Å². The molecule has 2 aromatic rings. The maximum Gasteiger partial charge on any atom is 0.263 e. The van der Waals surface area contributed by atoms with Crippen LogP contribution >= 0.6 is 0 Å². The Morgan fingerprint density at radius 1 is 1.27 bits per heavy atom. The molecule has 5 nitrogen and oxygen atoms in total. The molecule has 1 heterocycles. The summed E-state index contributed by atoms with van der Waals surface area (Å²) in [6.45, 7) is 3.20. The van der Waals surface area contributed by atoms with Crippen LogP contribution in [0.5, 0.6) is 5.75 Å². The van der Waals surface area contributed by atoms with E-state index in [2.05, 4.69) is 0 Å². The van der Waals surface area contributed by atoms with Crippen molar-refractivity contribution in [1.29, 1.82) is 0 Å². The highest BCUT2D eigenvalue weighted by atomic mass is 16.5. The van der Waals surface area contributed by atoms with Gasteiger partial charge in [-0.2, -0.15) is 0 Å². The predicted octanol–water partition coefficient (Wildman–Crippen LogP) is 2.72. The molecule has 118 valence electrons. The lowest BCUT2D eigenvalue weighted by atomic mass is 10.2. The van der Waals surface area contributed by atoms with E-state index >= 15 is 0 Å². The van der Waals surface area contributed by atoms with Crippen molar-refractivity contribution in [3.8, 4) is 5.75 Å². The van der Waals surface area contributed by atoms with Gasteiger partial charge >= 0.3 is 0 Å². The summed E-state index contributed by atoms with van der Waals surface area (Å²) >= 11 is 0. The summed E-state index contributed by atoms with van der Waals surface area (Å²) in [4.78, 5) is 14.3. The van der Waals surface area contributed by atoms with Crippen LogP contribution in [0.3, 0.4) is 0 Å². The van der Waals surface area contributed by atoms with E-state index in [-0.39, 0.29) is 5.91 Å². The minimum Gasteiger partial charge on any atom is -0.481 e. The molecule has 2 rings (SSSR count).